The predicted molar refractivity (Wildman–Crippen MR) is 115 cm³/mol. The topological polar surface area (TPSA) is 101 Å². The first-order valence-corrected chi connectivity index (χ1v) is 10.6. The number of nitrogens with zero attached hydrogens (tertiary/aromatic N) is 2. The van der Waals surface area contributed by atoms with Crippen molar-refractivity contribution < 1.29 is 23.8 Å². The molecule has 1 saturated heterocycles. The van der Waals surface area contributed by atoms with Gasteiger partial charge in [0, 0.05) is 13.1 Å². The zero-order valence-corrected chi connectivity index (χ0v) is 18.6. The molecule has 0 aromatic heterocycles. The summed E-state index contributed by atoms with van der Waals surface area (Å²) in [6.07, 6.45) is -0.455. The van der Waals surface area contributed by atoms with Crippen molar-refractivity contribution in [3.05, 3.63) is 35.9 Å². The Morgan fingerprint density at radius 2 is 1.90 bits per heavy atom. The number of rotatable bonds is 9. The van der Waals surface area contributed by atoms with E-state index in [1.54, 1.807) is 0 Å². The van der Waals surface area contributed by atoms with Gasteiger partial charge in [-0.25, -0.2) is 4.79 Å². The van der Waals surface area contributed by atoms with Gasteiger partial charge in [0.2, 0.25) is 0 Å². The minimum absolute atomic E-state index is 0.0304. The van der Waals surface area contributed by atoms with Gasteiger partial charge >= 0.3 is 6.09 Å². The Bertz CT molecular complexity index is 736. The van der Waals surface area contributed by atoms with Crippen LogP contribution in [0.15, 0.2) is 30.3 Å². The average molecular weight is 432 g/mol. The number of ether oxygens (including phenoxy) is 3. The molecule has 1 aromatic carbocycles. The maximum Gasteiger partial charge on any atom is 0.410 e. The van der Waals surface area contributed by atoms with Crippen LogP contribution in [0.1, 0.15) is 39.2 Å². The van der Waals surface area contributed by atoms with Gasteiger partial charge in [0.25, 0.3) is 5.91 Å². The maximum atomic E-state index is 12.8. The van der Waals surface area contributed by atoms with Gasteiger partial charge < -0.3 is 24.4 Å². The minimum Gasteiger partial charge on any atom is -0.436 e. The molecule has 2 atom stereocenters. The molecular formula is C23H33N3O5. The van der Waals surface area contributed by atoms with Gasteiger partial charge in [-0.2, -0.15) is 5.26 Å². The molecule has 1 heterocycles. The monoisotopic (exact) mass is 431 g/mol. The van der Waals surface area contributed by atoms with Crippen LogP contribution in [0.4, 0.5) is 4.79 Å². The van der Waals surface area contributed by atoms with Crippen molar-refractivity contribution in [2.75, 3.05) is 32.9 Å². The number of hydrogen-bond acceptors (Lipinski definition) is 6. The second-order valence-corrected chi connectivity index (χ2v) is 8.76. The third-order valence-electron chi connectivity index (χ3n) is 4.83. The second-order valence-electron chi connectivity index (χ2n) is 8.76. The van der Waals surface area contributed by atoms with Crippen molar-refractivity contribution >= 4 is 12.0 Å². The van der Waals surface area contributed by atoms with Gasteiger partial charge in [0.15, 0.2) is 6.10 Å². The summed E-state index contributed by atoms with van der Waals surface area (Å²) in [5.74, 6) is -0.485. The molecule has 1 aromatic rings. The fraction of sp³-hybridized carbons (Fsp3) is 0.609. The zero-order valence-electron chi connectivity index (χ0n) is 18.6. The first-order chi connectivity index (χ1) is 14.8. The van der Waals surface area contributed by atoms with E-state index in [0.29, 0.717) is 45.8 Å². The van der Waals surface area contributed by atoms with Gasteiger partial charge in [-0.3, -0.25) is 4.79 Å². The number of nitrogens with one attached hydrogen (secondary N) is 1. The summed E-state index contributed by atoms with van der Waals surface area (Å²) in [5.41, 5.74) is 0.949. The molecule has 0 aliphatic carbocycles. The Kier molecular flexibility index (Phi) is 9.76. The Balaban J connectivity index is 1.92. The van der Waals surface area contributed by atoms with Crippen molar-refractivity contribution in [2.24, 2.45) is 5.41 Å². The van der Waals surface area contributed by atoms with Crippen LogP contribution in [-0.4, -0.2) is 62.0 Å². The van der Waals surface area contributed by atoms with Crippen LogP contribution in [0.5, 0.6) is 0 Å². The van der Waals surface area contributed by atoms with E-state index >= 15 is 0 Å². The number of carbonyl (C=O) groups excluding carboxylic acids is 2. The Morgan fingerprint density at radius 1 is 1.23 bits per heavy atom. The third-order valence-corrected chi connectivity index (χ3v) is 4.83. The van der Waals surface area contributed by atoms with Crippen LogP contribution in [-0.2, 0) is 25.6 Å². The van der Waals surface area contributed by atoms with E-state index in [1.807, 2.05) is 36.4 Å². The Hall–Kier alpha value is -2.63. The van der Waals surface area contributed by atoms with E-state index in [1.165, 1.54) is 4.90 Å². The van der Waals surface area contributed by atoms with Gasteiger partial charge in [0.05, 0.1) is 32.5 Å². The largest absolute Gasteiger partial charge is 0.436 e. The highest BCUT2D eigenvalue weighted by Crippen LogP contribution is 2.23. The molecule has 2 unspecified atom stereocenters. The van der Waals surface area contributed by atoms with Crippen LogP contribution >= 0.6 is 0 Å². The lowest BCUT2D eigenvalue weighted by molar-refractivity contribution is -0.131. The normalized spacial score (nSPS) is 16.1. The molecule has 31 heavy (non-hydrogen) atoms. The number of amides is 2. The lowest BCUT2D eigenvalue weighted by Crippen LogP contribution is -2.48. The molecule has 1 aliphatic rings. The van der Waals surface area contributed by atoms with Crippen molar-refractivity contribution in [3.63, 3.8) is 0 Å². The van der Waals surface area contributed by atoms with Crippen LogP contribution in [0.3, 0.4) is 0 Å². The van der Waals surface area contributed by atoms with Crippen molar-refractivity contribution in [2.45, 2.75) is 52.4 Å². The fourth-order valence-electron chi connectivity index (χ4n) is 2.99. The molecule has 0 saturated carbocycles. The Morgan fingerprint density at radius 3 is 2.52 bits per heavy atom. The molecule has 0 radical (unpaired) electrons. The zero-order chi connectivity index (χ0) is 22.7. The van der Waals surface area contributed by atoms with E-state index in [-0.39, 0.29) is 12.0 Å². The summed E-state index contributed by atoms with van der Waals surface area (Å²) in [7, 11) is 0. The molecule has 1 aliphatic heterocycles. The molecule has 170 valence electrons. The van der Waals surface area contributed by atoms with Gasteiger partial charge in [-0.05, 0) is 23.8 Å². The molecule has 0 bridgehead atoms. The number of carbonyl (C=O) groups is 2. The molecule has 1 N–H and O–H groups in total. The van der Waals surface area contributed by atoms with Crippen molar-refractivity contribution in [1.82, 2.24) is 10.2 Å². The quantitative estimate of drug-likeness (QED) is 0.645. The number of benzene rings is 1. The Labute approximate surface area is 184 Å². The standard InChI is InChI=1S/C23H33N3O5/c1-23(2,3)10-9-20(31-22(28)26-11-13-29-14-12-26)21(27)25-19(15-24)17-30-16-18-7-5-4-6-8-18/h4-8,19-20H,9-14,16-17H2,1-3H3,(H,25,27). The third kappa shape index (κ3) is 9.37. The number of morpholine rings is 1. The van der Waals surface area contributed by atoms with Gasteiger partial charge in [-0.15, -0.1) is 0 Å². The first kappa shape index (κ1) is 24.6. The summed E-state index contributed by atoms with van der Waals surface area (Å²) in [6.45, 7) is 8.31. The average Bonchev–Trinajstić information content (AvgIpc) is 2.76. The molecule has 0 spiro atoms. The van der Waals surface area contributed by atoms with Crippen LogP contribution < -0.4 is 5.32 Å². The number of nitriles is 1. The summed E-state index contributed by atoms with van der Waals surface area (Å²) in [6, 6.07) is 10.8. The second kappa shape index (κ2) is 12.3. The van der Waals surface area contributed by atoms with Crippen LogP contribution in [0, 0.1) is 16.7 Å². The number of hydrogen-bond donors (Lipinski definition) is 1. The predicted octanol–water partition coefficient (Wildman–Crippen LogP) is 2.88. The van der Waals surface area contributed by atoms with Gasteiger partial charge in [0.1, 0.15) is 6.04 Å². The maximum absolute atomic E-state index is 12.8. The van der Waals surface area contributed by atoms with Crippen LogP contribution in [0.25, 0.3) is 0 Å². The summed E-state index contributed by atoms with van der Waals surface area (Å²) in [5, 5.41) is 12.1. The highest BCUT2D eigenvalue weighted by Gasteiger charge is 2.29. The summed E-state index contributed by atoms with van der Waals surface area (Å²) >= 11 is 0. The molecule has 1 fully saturated rings. The first-order valence-electron chi connectivity index (χ1n) is 10.6. The highest BCUT2D eigenvalue weighted by atomic mass is 16.6. The summed E-state index contributed by atoms with van der Waals surface area (Å²) in [4.78, 5) is 26.9. The fourth-order valence-corrected chi connectivity index (χ4v) is 2.99. The summed E-state index contributed by atoms with van der Waals surface area (Å²) < 4.78 is 16.4. The molecule has 2 rings (SSSR count). The van der Waals surface area contributed by atoms with Crippen LogP contribution in [0.2, 0.25) is 0 Å². The molecule has 8 nitrogen and oxygen atoms in total. The highest BCUT2D eigenvalue weighted by molar-refractivity contribution is 5.84. The molecule has 2 amide bonds. The van der Waals surface area contributed by atoms with E-state index in [4.69, 9.17) is 14.2 Å². The van der Waals surface area contributed by atoms with E-state index < -0.39 is 24.1 Å². The SMILES string of the molecule is CC(C)(C)CCC(OC(=O)N1CCOCC1)C(=O)NC(C#N)COCc1ccccc1. The van der Waals surface area contributed by atoms with Crippen molar-refractivity contribution in [1.29, 1.82) is 5.26 Å². The van der Waals surface area contributed by atoms with E-state index in [2.05, 4.69) is 26.1 Å². The van der Waals surface area contributed by atoms with Gasteiger partial charge in [-0.1, -0.05) is 51.1 Å². The lowest BCUT2D eigenvalue weighted by atomic mass is 9.89. The lowest BCUT2D eigenvalue weighted by Gasteiger charge is -2.29. The van der Waals surface area contributed by atoms with E-state index in [0.717, 1.165) is 5.56 Å². The molecule has 8 heteroatoms. The van der Waals surface area contributed by atoms with Crippen molar-refractivity contribution in [3.8, 4) is 6.07 Å². The molecular weight excluding hydrogens is 398 g/mol. The van der Waals surface area contributed by atoms with E-state index in [9.17, 15) is 14.9 Å². The smallest absolute Gasteiger partial charge is 0.410 e. The minimum atomic E-state index is -0.973.